The van der Waals surface area contributed by atoms with Crippen LogP contribution in [0.3, 0.4) is 0 Å². The second-order valence-corrected chi connectivity index (χ2v) is 7.63. The van der Waals surface area contributed by atoms with Gasteiger partial charge >= 0.3 is 0 Å². The molecular weight excluding hydrogens is 392 g/mol. The molecule has 3 N–H and O–H groups in total. The molecule has 2 aromatic rings. The van der Waals surface area contributed by atoms with Crippen LogP contribution in [0.1, 0.15) is 53.3 Å². The van der Waals surface area contributed by atoms with Crippen LogP contribution in [0.5, 0.6) is 0 Å². The summed E-state index contributed by atoms with van der Waals surface area (Å²) in [5.74, 6) is -0.311. The molecule has 31 heavy (non-hydrogen) atoms. The summed E-state index contributed by atoms with van der Waals surface area (Å²) >= 11 is 0. The summed E-state index contributed by atoms with van der Waals surface area (Å²) in [6, 6.07) is 14.0. The topological polar surface area (TPSA) is 90.5 Å². The Bertz CT molecular complexity index is 903. The number of amides is 3. The highest BCUT2D eigenvalue weighted by atomic mass is 16.2. The summed E-state index contributed by atoms with van der Waals surface area (Å²) in [6.07, 6.45) is 4.47. The van der Waals surface area contributed by atoms with Gasteiger partial charge in [0.25, 0.3) is 11.8 Å². The third-order valence-corrected chi connectivity index (χ3v) is 5.22. The average Bonchev–Trinajstić information content (AvgIpc) is 3.08. The predicted molar refractivity (Wildman–Crippen MR) is 122 cm³/mol. The summed E-state index contributed by atoms with van der Waals surface area (Å²) in [5, 5.41) is 8.60. The van der Waals surface area contributed by atoms with Crippen LogP contribution in [0.15, 0.2) is 48.5 Å². The van der Waals surface area contributed by atoms with Crippen molar-refractivity contribution in [3.63, 3.8) is 0 Å². The summed E-state index contributed by atoms with van der Waals surface area (Å²) in [4.78, 5) is 38.8. The number of rotatable bonds is 7. The number of nitrogens with zero attached hydrogens (tertiary/aromatic N) is 1. The first-order valence-electron chi connectivity index (χ1n) is 10.9. The van der Waals surface area contributed by atoms with Gasteiger partial charge in [-0.3, -0.25) is 14.4 Å². The number of carbonyl (C=O) groups excluding carboxylic acids is 3. The van der Waals surface area contributed by atoms with Gasteiger partial charge in [-0.05, 0) is 62.2 Å². The van der Waals surface area contributed by atoms with E-state index in [9.17, 15) is 14.4 Å². The number of benzene rings is 2. The van der Waals surface area contributed by atoms with Gasteiger partial charge in [0.05, 0.1) is 6.54 Å². The number of anilines is 2. The molecule has 0 atom stereocenters. The lowest BCUT2D eigenvalue weighted by molar-refractivity contribution is -0.114. The lowest BCUT2D eigenvalue weighted by Gasteiger charge is -2.20. The lowest BCUT2D eigenvalue weighted by Crippen LogP contribution is -2.31. The van der Waals surface area contributed by atoms with E-state index in [0.29, 0.717) is 29.0 Å². The van der Waals surface area contributed by atoms with Crippen molar-refractivity contribution in [2.24, 2.45) is 0 Å². The van der Waals surface area contributed by atoms with Crippen LogP contribution in [-0.4, -0.2) is 48.8 Å². The number of hydrogen-bond donors (Lipinski definition) is 3. The quantitative estimate of drug-likeness (QED) is 0.637. The van der Waals surface area contributed by atoms with Crippen LogP contribution in [0.4, 0.5) is 11.4 Å². The molecule has 3 rings (SSSR count). The molecule has 3 amide bonds. The molecule has 0 spiro atoms. The van der Waals surface area contributed by atoms with Gasteiger partial charge in [0.15, 0.2) is 0 Å². The summed E-state index contributed by atoms with van der Waals surface area (Å²) in [5.41, 5.74) is 2.50. The lowest BCUT2D eigenvalue weighted by atomic mass is 10.1. The van der Waals surface area contributed by atoms with Crippen molar-refractivity contribution < 1.29 is 14.4 Å². The van der Waals surface area contributed by atoms with Gasteiger partial charge in [0.2, 0.25) is 5.91 Å². The van der Waals surface area contributed by atoms with E-state index >= 15 is 0 Å². The van der Waals surface area contributed by atoms with Gasteiger partial charge in [0.1, 0.15) is 0 Å². The monoisotopic (exact) mass is 422 g/mol. The highest BCUT2D eigenvalue weighted by molar-refractivity contribution is 5.97. The van der Waals surface area contributed by atoms with E-state index < -0.39 is 0 Å². The Hall–Kier alpha value is -3.35. The molecule has 0 aromatic heterocycles. The fourth-order valence-electron chi connectivity index (χ4n) is 3.57. The molecule has 164 valence electrons. The zero-order valence-corrected chi connectivity index (χ0v) is 17.9. The van der Waals surface area contributed by atoms with Gasteiger partial charge in [-0.2, -0.15) is 0 Å². The zero-order valence-electron chi connectivity index (χ0n) is 17.9. The van der Waals surface area contributed by atoms with E-state index in [2.05, 4.69) is 16.0 Å². The van der Waals surface area contributed by atoms with Crippen LogP contribution in [-0.2, 0) is 4.79 Å². The van der Waals surface area contributed by atoms with Crippen molar-refractivity contribution in [2.45, 2.75) is 32.6 Å². The summed E-state index contributed by atoms with van der Waals surface area (Å²) in [7, 11) is 0. The van der Waals surface area contributed by atoms with Crippen LogP contribution >= 0.6 is 0 Å². The fourth-order valence-corrected chi connectivity index (χ4v) is 3.57. The van der Waals surface area contributed by atoms with Gasteiger partial charge < -0.3 is 20.9 Å². The summed E-state index contributed by atoms with van der Waals surface area (Å²) < 4.78 is 0. The molecule has 0 bridgehead atoms. The summed E-state index contributed by atoms with van der Waals surface area (Å²) in [6.45, 7) is 4.10. The number of hydrogen-bond acceptors (Lipinski definition) is 4. The number of likely N-dealkylation sites (tertiary alicyclic amines) is 1. The van der Waals surface area contributed by atoms with Crippen LogP contribution in [0.25, 0.3) is 0 Å². The van der Waals surface area contributed by atoms with Gasteiger partial charge in [-0.15, -0.1) is 0 Å². The van der Waals surface area contributed by atoms with Crippen molar-refractivity contribution in [2.75, 3.05) is 36.8 Å². The van der Waals surface area contributed by atoms with E-state index in [4.69, 9.17) is 0 Å². The minimum atomic E-state index is -0.213. The molecule has 2 aromatic carbocycles. The Morgan fingerprint density at radius 3 is 2.26 bits per heavy atom. The smallest absolute Gasteiger partial charge is 0.253 e. The van der Waals surface area contributed by atoms with Crippen LogP contribution in [0, 0.1) is 0 Å². The molecule has 0 aliphatic carbocycles. The first-order chi connectivity index (χ1) is 15.1. The molecule has 1 aliphatic rings. The van der Waals surface area contributed by atoms with Gasteiger partial charge in [-0.25, -0.2) is 0 Å². The Kier molecular flexibility index (Phi) is 8.04. The molecule has 1 aliphatic heterocycles. The Morgan fingerprint density at radius 1 is 0.871 bits per heavy atom. The maximum Gasteiger partial charge on any atom is 0.253 e. The van der Waals surface area contributed by atoms with Crippen molar-refractivity contribution in [3.8, 4) is 0 Å². The van der Waals surface area contributed by atoms with E-state index in [1.807, 2.05) is 11.8 Å². The zero-order chi connectivity index (χ0) is 22.1. The van der Waals surface area contributed by atoms with Crippen molar-refractivity contribution in [3.05, 3.63) is 59.7 Å². The molecule has 7 nitrogen and oxygen atoms in total. The molecule has 0 radical (unpaired) electrons. The maximum absolute atomic E-state index is 12.7. The van der Waals surface area contributed by atoms with Gasteiger partial charge in [0, 0.05) is 42.1 Å². The molecule has 0 unspecified atom stereocenters. The minimum absolute atomic E-state index is 0.0495. The van der Waals surface area contributed by atoms with Gasteiger partial charge in [-0.1, -0.05) is 18.9 Å². The first-order valence-corrected chi connectivity index (χ1v) is 10.9. The number of carbonyl (C=O) groups is 3. The second-order valence-electron chi connectivity index (χ2n) is 7.63. The van der Waals surface area contributed by atoms with Crippen molar-refractivity contribution >= 4 is 29.1 Å². The largest absolute Gasteiger partial charge is 0.376 e. The minimum Gasteiger partial charge on any atom is -0.376 e. The highest BCUT2D eigenvalue weighted by Crippen LogP contribution is 2.16. The average molecular weight is 423 g/mol. The number of nitrogens with one attached hydrogen (secondary N) is 3. The normalized spacial score (nSPS) is 13.8. The van der Waals surface area contributed by atoms with E-state index in [1.165, 1.54) is 12.8 Å². The van der Waals surface area contributed by atoms with Crippen molar-refractivity contribution in [1.82, 2.24) is 10.2 Å². The second kappa shape index (κ2) is 11.2. The van der Waals surface area contributed by atoms with E-state index in [1.54, 1.807) is 48.5 Å². The predicted octanol–water partition coefficient (Wildman–Crippen LogP) is 3.50. The maximum atomic E-state index is 12.7. The molecule has 1 heterocycles. The van der Waals surface area contributed by atoms with Crippen LogP contribution in [0.2, 0.25) is 0 Å². The molecule has 1 saturated heterocycles. The van der Waals surface area contributed by atoms with Crippen LogP contribution < -0.4 is 16.0 Å². The third-order valence-electron chi connectivity index (χ3n) is 5.22. The molecule has 1 fully saturated rings. The highest BCUT2D eigenvalue weighted by Gasteiger charge is 2.17. The Labute approximate surface area is 183 Å². The Balaban J connectivity index is 1.51. The fraction of sp³-hybridized carbons (Fsp3) is 0.375. The van der Waals surface area contributed by atoms with Crippen molar-refractivity contribution in [1.29, 1.82) is 0 Å². The SMILES string of the molecule is CCNC(=O)c1cccc(NCC(=O)Nc2ccc(C(=O)N3CCCCCC3)cc2)c1. The molecule has 7 heteroatoms. The van der Waals surface area contributed by atoms with E-state index in [0.717, 1.165) is 25.9 Å². The van der Waals surface area contributed by atoms with E-state index in [-0.39, 0.29) is 24.3 Å². The Morgan fingerprint density at radius 2 is 1.58 bits per heavy atom. The first kappa shape index (κ1) is 22.3. The molecule has 0 saturated carbocycles. The standard InChI is InChI=1S/C24H30N4O3/c1-2-25-23(30)19-8-7-9-21(16-19)26-17-22(29)27-20-12-10-18(11-13-20)24(31)28-14-5-3-4-6-15-28/h7-13,16,26H,2-6,14-15,17H2,1H3,(H,25,30)(H,27,29). The third kappa shape index (κ3) is 6.57. The molecular formula is C24H30N4O3.